The molecule has 1 aromatic heterocycles. The second-order valence-corrected chi connectivity index (χ2v) is 5.90. The fourth-order valence-electron chi connectivity index (χ4n) is 1.33. The van der Waals surface area contributed by atoms with Gasteiger partial charge in [0.25, 0.3) is 5.91 Å². The van der Waals surface area contributed by atoms with Crippen LogP contribution in [-0.4, -0.2) is 16.1 Å². The molecular formula is C12H12BrN3OS. The molecule has 1 aromatic carbocycles. The lowest BCUT2D eigenvalue weighted by molar-refractivity contribution is 0.102. The molecule has 0 atom stereocenters. The predicted octanol–water partition coefficient (Wildman–Crippen LogP) is 3.68. The lowest BCUT2D eigenvalue weighted by Gasteiger charge is -2.02. The zero-order valence-corrected chi connectivity index (χ0v) is 12.4. The number of hydrogen-bond acceptors (Lipinski definition) is 4. The molecule has 2 rings (SSSR count). The van der Waals surface area contributed by atoms with E-state index >= 15 is 0 Å². The number of amides is 1. The minimum absolute atomic E-state index is 0.186. The molecule has 1 heterocycles. The molecule has 94 valence electrons. The number of rotatable bonds is 3. The zero-order chi connectivity index (χ0) is 13.1. The highest BCUT2D eigenvalue weighted by Gasteiger charge is 2.13. The number of anilines is 1. The van der Waals surface area contributed by atoms with Crippen LogP contribution in [0.4, 0.5) is 5.13 Å². The highest BCUT2D eigenvalue weighted by atomic mass is 79.9. The number of nitrogens with one attached hydrogen (secondary N) is 1. The van der Waals surface area contributed by atoms with Gasteiger partial charge < -0.3 is 0 Å². The van der Waals surface area contributed by atoms with Gasteiger partial charge in [-0.2, -0.15) is 0 Å². The topological polar surface area (TPSA) is 54.9 Å². The Kier molecular flexibility index (Phi) is 4.08. The van der Waals surface area contributed by atoms with E-state index in [1.807, 2.05) is 32.0 Å². The van der Waals surface area contributed by atoms with Crippen LogP contribution in [0.2, 0.25) is 0 Å². The Bertz CT molecular complexity index is 568. The zero-order valence-electron chi connectivity index (χ0n) is 9.98. The van der Waals surface area contributed by atoms with Crippen molar-refractivity contribution >= 4 is 38.3 Å². The summed E-state index contributed by atoms with van der Waals surface area (Å²) in [6.07, 6.45) is 0. The van der Waals surface area contributed by atoms with Crippen LogP contribution in [0.5, 0.6) is 0 Å². The number of aromatic nitrogens is 2. The quantitative estimate of drug-likeness (QED) is 0.936. The Morgan fingerprint density at radius 3 is 2.67 bits per heavy atom. The maximum atomic E-state index is 12.0. The van der Waals surface area contributed by atoms with Crippen molar-refractivity contribution in [3.63, 3.8) is 0 Å². The molecule has 0 radical (unpaired) electrons. The monoisotopic (exact) mass is 325 g/mol. The number of carbonyl (C=O) groups excluding carboxylic acids is 1. The van der Waals surface area contributed by atoms with Gasteiger partial charge >= 0.3 is 0 Å². The Balaban J connectivity index is 2.14. The summed E-state index contributed by atoms with van der Waals surface area (Å²) < 4.78 is 0.760. The minimum Gasteiger partial charge on any atom is -0.296 e. The summed E-state index contributed by atoms with van der Waals surface area (Å²) >= 11 is 4.75. The number of carbonyl (C=O) groups is 1. The average Bonchev–Trinajstić information content (AvgIpc) is 2.78. The number of benzene rings is 1. The molecule has 0 aliphatic rings. The third-order valence-corrected chi connectivity index (χ3v) is 4.10. The van der Waals surface area contributed by atoms with Crippen molar-refractivity contribution in [3.05, 3.63) is 39.3 Å². The van der Waals surface area contributed by atoms with E-state index in [9.17, 15) is 4.79 Å². The van der Waals surface area contributed by atoms with Gasteiger partial charge in [-0.3, -0.25) is 10.1 Å². The molecule has 0 fully saturated rings. The van der Waals surface area contributed by atoms with Gasteiger partial charge in [-0.15, -0.1) is 10.2 Å². The van der Waals surface area contributed by atoms with E-state index in [4.69, 9.17) is 0 Å². The Hall–Kier alpha value is -1.27. The first kappa shape index (κ1) is 13.2. The van der Waals surface area contributed by atoms with E-state index in [-0.39, 0.29) is 5.91 Å². The summed E-state index contributed by atoms with van der Waals surface area (Å²) in [6, 6.07) is 7.26. The largest absolute Gasteiger partial charge is 0.296 e. The van der Waals surface area contributed by atoms with Gasteiger partial charge in [-0.05, 0) is 28.1 Å². The van der Waals surface area contributed by atoms with Gasteiger partial charge in [-0.25, -0.2) is 0 Å². The molecule has 0 aliphatic heterocycles. The highest BCUT2D eigenvalue weighted by Crippen LogP contribution is 2.23. The van der Waals surface area contributed by atoms with Crippen LogP contribution >= 0.6 is 27.3 Å². The van der Waals surface area contributed by atoms with Crippen LogP contribution in [0.1, 0.15) is 35.1 Å². The Morgan fingerprint density at radius 1 is 1.33 bits per heavy atom. The fourth-order valence-corrected chi connectivity index (χ4v) is 2.53. The van der Waals surface area contributed by atoms with Gasteiger partial charge in [0, 0.05) is 10.4 Å². The van der Waals surface area contributed by atoms with Crippen molar-refractivity contribution in [3.8, 4) is 0 Å². The normalized spacial score (nSPS) is 10.7. The third-order valence-electron chi connectivity index (χ3n) is 2.27. The summed E-state index contributed by atoms with van der Waals surface area (Å²) in [7, 11) is 0. The Labute approximate surface area is 118 Å². The van der Waals surface area contributed by atoms with Crippen molar-refractivity contribution in [2.45, 2.75) is 19.8 Å². The van der Waals surface area contributed by atoms with Crippen molar-refractivity contribution in [2.75, 3.05) is 5.32 Å². The van der Waals surface area contributed by atoms with Gasteiger partial charge in [0.05, 0.1) is 5.56 Å². The molecule has 0 saturated carbocycles. The molecule has 2 aromatic rings. The standard InChI is InChI=1S/C12H12BrN3OS/c1-7(2)11-15-16-12(18-11)14-10(17)8-5-3-4-6-9(8)13/h3-7H,1-2H3,(H,14,16,17). The maximum Gasteiger partial charge on any atom is 0.258 e. The van der Waals surface area contributed by atoms with Crippen molar-refractivity contribution in [2.24, 2.45) is 0 Å². The molecule has 18 heavy (non-hydrogen) atoms. The molecule has 0 aliphatic carbocycles. The molecule has 0 saturated heterocycles. The average molecular weight is 326 g/mol. The van der Waals surface area contributed by atoms with Crippen LogP contribution in [-0.2, 0) is 0 Å². The van der Waals surface area contributed by atoms with E-state index in [1.54, 1.807) is 6.07 Å². The van der Waals surface area contributed by atoms with Gasteiger partial charge in [0.2, 0.25) is 5.13 Å². The van der Waals surface area contributed by atoms with Crippen LogP contribution < -0.4 is 5.32 Å². The van der Waals surface area contributed by atoms with Crippen LogP contribution in [0, 0.1) is 0 Å². The van der Waals surface area contributed by atoms with E-state index in [0.717, 1.165) is 9.48 Å². The number of nitrogens with zero attached hydrogens (tertiary/aromatic N) is 2. The summed E-state index contributed by atoms with van der Waals surface area (Å²) in [5, 5.41) is 12.2. The predicted molar refractivity (Wildman–Crippen MR) is 76.1 cm³/mol. The van der Waals surface area contributed by atoms with E-state index < -0.39 is 0 Å². The lowest BCUT2D eigenvalue weighted by Crippen LogP contribution is -2.12. The first-order chi connectivity index (χ1) is 8.58. The molecule has 1 N–H and O–H groups in total. The second-order valence-electron chi connectivity index (χ2n) is 4.03. The van der Waals surface area contributed by atoms with Crippen molar-refractivity contribution < 1.29 is 4.79 Å². The van der Waals surface area contributed by atoms with Gasteiger partial charge in [0.15, 0.2) is 0 Å². The second kappa shape index (κ2) is 5.58. The van der Waals surface area contributed by atoms with E-state index in [2.05, 4.69) is 31.4 Å². The number of halogens is 1. The smallest absolute Gasteiger partial charge is 0.258 e. The minimum atomic E-state index is -0.186. The van der Waals surface area contributed by atoms with Crippen molar-refractivity contribution in [1.82, 2.24) is 10.2 Å². The lowest BCUT2D eigenvalue weighted by atomic mass is 10.2. The Morgan fingerprint density at radius 2 is 2.06 bits per heavy atom. The molecule has 1 amide bonds. The van der Waals surface area contributed by atoms with E-state index in [1.165, 1.54) is 11.3 Å². The molecule has 6 heteroatoms. The highest BCUT2D eigenvalue weighted by molar-refractivity contribution is 9.10. The molecule has 4 nitrogen and oxygen atoms in total. The van der Waals surface area contributed by atoms with Crippen molar-refractivity contribution in [1.29, 1.82) is 0 Å². The first-order valence-corrected chi connectivity index (χ1v) is 7.08. The van der Waals surface area contributed by atoms with Crippen LogP contribution in [0.25, 0.3) is 0 Å². The van der Waals surface area contributed by atoms with Crippen LogP contribution in [0.3, 0.4) is 0 Å². The van der Waals surface area contributed by atoms with Gasteiger partial charge in [0.1, 0.15) is 5.01 Å². The van der Waals surface area contributed by atoms with Crippen LogP contribution in [0.15, 0.2) is 28.7 Å². The summed E-state index contributed by atoms with van der Waals surface area (Å²) in [5.74, 6) is 0.130. The summed E-state index contributed by atoms with van der Waals surface area (Å²) in [4.78, 5) is 12.0. The van der Waals surface area contributed by atoms with Gasteiger partial charge in [-0.1, -0.05) is 37.3 Å². The maximum absolute atomic E-state index is 12.0. The third kappa shape index (κ3) is 2.94. The van der Waals surface area contributed by atoms with E-state index in [0.29, 0.717) is 16.6 Å². The molecular weight excluding hydrogens is 314 g/mol. The summed E-state index contributed by atoms with van der Waals surface area (Å²) in [5.41, 5.74) is 0.582. The first-order valence-electron chi connectivity index (χ1n) is 5.47. The molecule has 0 bridgehead atoms. The number of hydrogen-bond donors (Lipinski definition) is 1. The fraction of sp³-hybridized carbons (Fsp3) is 0.250. The SMILES string of the molecule is CC(C)c1nnc(NC(=O)c2ccccc2Br)s1. The molecule has 0 spiro atoms. The molecule has 0 unspecified atom stereocenters. The summed E-state index contributed by atoms with van der Waals surface area (Å²) in [6.45, 7) is 4.08.